The van der Waals surface area contributed by atoms with Crippen LogP contribution in [0.4, 0.5) is 4.79 Å². The van der Waals surface area contributed by atoms with Crippen molar-refractivity contribution >= 4 is 11.9 Å². The monoisotopic (exact) mass is 344 g/mol. The van der Waals surface area contributed by atoms with Gasteiger partial charge in [0.25, 0.3) is 5.91 Å². The summed E-state index contributed by atoms with van der Waals surface area (Å²) in [6.07, 6.45) is 7.74. The number of ether oxygens (including phenoxy) is 1. The summed E-state index contributed by atoms with van der Waals surface area (Å²) in [6, 6.07) is 7.65. The Morgan fingerprint density at radius 3 is 2.56 bits per heavy atom. The number of amides is 3. The second-order valence-electron chi connectivity index (χ2n) is 7.26. The molecule has 3 amide bonds. The highest BCUT2D eigenvalue weighted by Crippen LogP contribution is 2.32. The standard InChI is InChI=1S/C20H28N2O3/c1-16-9-7-10-17(15-16)25-14-8-13-22-18(23)20(21-19(22)24)11-5-3-2-4-6-12-20/h7,9-10,15H,2-6,8,11-14H2,1H3,(H,21,24). The molecule has 3 rings (SSSR count). The molecule has 1 aromatic carbocycles. The van der Waals surface area contributed by atoms with Crippen molar-refractivity contribution in [2.75, 3.05) is 13.2 Å². The average molecular weight is 344 g/mol. The normalized spacial score (nSPS) is 20.3. The van der Waals surface area contributed by atoms with Crippen LogP contribution in [0.25, 0.3) is 0 Å². The molecule has 1 aliphatic heterocycles. The van der Waals surface area contributed by atoms with Gasteiger partial charge < -0.3 is 10.1 Å². The van der Waals surface area contributed by atoms with E-state index in [0.717, 1.165) is 49.8 Å². The first-order valence-corrected chi connectivity index (χ1v) is 9.44. The minimum atomic E-state index is -0.644. The first kappa shape index (κ1) is 17.8. The molecular weight excluding hydrogens is 316 g/mol. The first-order valence-electron chi connectivity index (χ1n) is 9.44. The third-order valence-corrected chi connectivity index (χ3v) is 5.24. The summed E-state index contributed by atoms with van der Waals surface area (Å²) >= 11 is 0. The fraction of sp³-hybridized carbons (Fsp3) is 0.600. The Morgan fingerprint density at radius 2 is 1.84 bits per heavy atom. The van der Waals surface area contributed by atoms with E-state index in [-0.39, 0.29) is 11.9 Å². The van der Waals surface area contributed by atoms with Gasteiger partial charge in [0.1, 0.15) is 11.3 Å². The van der Waals surface area contributed by atoms with Crippen LogP contribution >= 0.6 is 0 Å². The Balaban J connectivity index is 1.52. The highest BCUT2D eigenvalue weighted by atomic mass is 16.5. The summed E-state index contributed by atoms with van der Waals surface area (Å²) in [5.41, 5.74) is 0.507. The topological polar surface area (TPSA) is 58.6 Å². The number of imide groups is 1. The Bertz CT molecular complexity index is 621. The number of benzene rings is 1. The number of aryl methyl sites for hydroxylation is 1. The third-order valence-electron chi connectivity index (χ3n) is 5.24. The molecule has 1 spiro atoms. The highest BCUT2D eigenvalue weighted by molar-refractivity contribution is 6.07. The number of nitrogens with one attached hydrogen (secondary N) is 1. The van der Waals surface area contributed by atoms with Gasteiger partial charge in [0.05, 0.1) is 6.61 Å². The Morgan fingerprint density at radius 1 is 1.12 bits per heavy atom. The molecule has 1 aromatic rings. The smallest absolute Gasteiger partial charge is 0.325 e. The minimum Gasteiger partial charge on any atom is -0.494 e. The van der Waals surface area contributed by atoms with Crippen LogP contribution in [0.1, 0.15) is 56.9 Å². The maximum Gasteiger partial charge on any atom is 0.325 e. The number of hydrogen-bond donors (Lipinski definition) is 1. The van der Waals surface area contributed by atoms with E-state index in [9.17, 15) is 9.59 Å². The Labute approximate surface area is 149 Å². The lowest BCUT2D eigenvalue weighted by atomic mass is 9.84. The summed E-state index contributed by atoms with van der Waals surface area (Å²) in [5, 5.41) is 3.00. The molecule has 1 aliphatic carbocycles. The zero-order valence-electron chi connectivity index (χ0n) is 15.1. The van der Waals surface area contributed by atoms with Crippen molar-refractivity contribution in [2.24, 2.45) is 0 Å². The number of rotatable bonds is 5. The van der Waals surface area contributed by atoms with Crippen LogP contribution in [0.15, 0.2) is 24.3 Å². The van der Waals surface area contributed by atoms with Crippen LogP contribution in [0.5, 0.6) is 5.75 Å². The lowest BCUT2D eigenvalue weighted by molar-refractivity contribution is -0.132. The summed E-state index contributed by atoms with van der Waals surface area (Å²) in [6.45, 7) is 2.93. The van der Waals surface area contributed by atoms with Crippen molar-refractivity contribution in [3.05, 3.63) is 29.8 Å². The molecule has 2 aliphatic rings. The molecule has 0 radical (unpaired) electrons. The lowest BCUT2D eigenvalue weighted by Gasteiger charge is -2.28. The van der Waals surface area contributed by atoms with Gasteiger partial charge in [-0.1, -0.05) is 44.2 Å². The van der Waals surface area contributed by atoms with Crippen molar-refractivity contribution in [3.63, 3.8) is 0 Å². The summed E-state index contributed by atoms with van der Waals surface area (Å²) in [7, 11) is 0. The quantitative estimate of drug-likeness (QED) is 0.653. The fourth-order valence-corrected chi connectivity index (χ4v) is 3.84. The predicted octanol–water partition coefficient (Wildman–Crippen LogP) is 3.80. The molecule has 1 saturated heterocycles. The zero-order chi connectivity index (χ0) is 17.7. The largest absolute Gasteiger partial charge is 0.494 e. The Hall–Kier alpha value is -2.04. The van der Waals surface area contributed by atoms with Crippen molar-refractivity contribution in [1.29, 1.82) is 0 Å². The number of nitrogens with zero attached hydrogens (tertiary/aromatic N) is 1. The second-order valence-corrected chi connectivity index (χ2v) is 7.26. The van der Waals surface area contributed by atoms with Crippen molar-refractivity contribution in [2.45, 2.75) is 63.8 Å². The van der Waals surface area contributed by atoms with Gasteiger partial charge >= 0.3 is 6.03 Å². The van der Waals surface area contributed by atoms with E-state index < -0.39 is 5.54 Å². The highest BCUT2D eigenvalue weighted by Gasteiger charge is 2.49. The van der Waals surface area contributed by atoms with Gasteiger partial charge in [-0.25, -0.2) is 4.79 Å². The summed E-state index contributed by atoms with van der Waals surface area (Å²) in [4.78, 5) is 26.6. The van der Waals surface area contributed by atoms with E-state index in [1.807, 2.05) is 31.2 Å². The van der Waals surface area contributed by atoms with Gasteiger partial charge in [-0.15, -0.1) is 0 Å². The van der Waals surface area contributed by atoms with Crippen molar-refractivity contribution < 1.29 is 14.3 Å². The molecule has 0 aromatic heterocycles. The lowest BCUT2D eigenvalue weighted by Crippen LogP contribution is -2.47. The van der Waals surface area contributed by atoms with E-state index in [1.54, 1.807) is 0 Å². The minimum absolute atomic E-state index is 0.0324. The van der Waals surface area contributed by atoms with Crippen molar-refractivity contribution in [1.82, 2.24) is 10.2 Å². The average Bonchev–Trinajstić information content (AvgIpc) is 2.80. The van der Waals surface area contributed by atoms with Gasteiger partial charge in [-0.05, 0) is 43.9 Å². The molecular formula is C20H28N2O3. The number of hydrogen-bond acceptors (Lipinski definition) is 3. The van der Waals surface area contributed by atoms with E-state index >= 15 is 0 Å². The predicted molar refractivity (Wildman–Crippen MR) is 96.6 cm³/mol. The van der Waals surface area contributed by atoms with E-state index in [1.165, 1.54) is 11.3 Å². The fourth-order valence-electron chi connectivity index (χ4n) is 3.84. The molecule has 5 heteroatoms. The third kappa shape index (κ3) is 4.14. The van der Waals surface area contributed by atoms with Crippen LogP contribution < -0.4 is 10.1 Å². The van der Waals surface area contributed by atoms with Gasteiger partial charge in [0, 0.05) is 6.54 Å². The van der Waals surface area contributed by atoms with Gasteiger partial charge in [-0.3, -0.25) is 9.69 Å². The summed E-state index contributed by atoms with van der Waals surface area (Å²) in [5.74, 6) is 0.795. The molecule has 0 unspecified atom stereocenters. The van der Waals surface area contributed by atoms with Gasteiger partial charge in [0.15, 0.2) is 0 Å². The summed E-state index contributed by atoms with van der Waals surface area (Å²) < 4.78 is 5.72. The molecule has 0 atom stereocenters. The maximum atomic E-state index is 12.9. The van der Waals surface area contributed by atoms with E-state index in [4.69, 9.17) is 4.74 Å². The van der Waals surface area contributed by atoms with Gasteiger partial charge in [-0.2, -0.15) is 0 Å². The van der Waals surface area contributed by atoms with Crippen LogP contribution in [0.3, 0.4) is 0 Å². The van der Waals surface area contributed by atoms with Crippen LogP contribution in [0, 0.1) is 6.92 Å². The second kappa shape index (κ2) is 7.89. The molecule has 25 heavy (non-hydrogen) atoms. The molecule has 136 valence electrons. The molecule has 2 fully saturated rings. The molecule has 5 nitrogen and oxygen atoms in total. The first-order chi connectivity index (χ1) is 12.1. The maximum absolute atomic E-state index is 12.9. The van der Waals surface area contributed by atoms with Crippen LogP contribution in [-0.2, 0) is 4.79 Å². The number of urea groups is 1. The van der Waals surface area contributed by atoms with Crippen LogP contribution in [-0.4, -0.2) is 35.5 Å². The molecule has 1 heterocycles. The zero-order valence-corrected chi connectivity index (χ0v) is 15.1. The Kier molecular flexibility index (Phi) is 5.61. The molecule has 0 bridgehead atoms. The molecule has 1 saturated carbocycles. The molecule has 1 N–H and O–H groups in total. The number of carbonyl (C=O) groups excluding carboxylic acids is 2. The van der Waals surface area contributed by atoms with Crippen LogP contribution in [0.2, 0.25) is 0 Å². The van der Waals surface area contributed by atoms with Gasteiger partial charge in [0.2, 0.25) is 0 Å². The van der Waals surface area contributed by atoms with E-state index in [0.29, 0.717) is 19.6 Å². The van der Waals surface area contributed by atoms with Crippen molar-refractivity contribution in [3.8, 4) is 5.75 Å². The van der Waals surface area contributed by atoms with E-state index in [2.05, 4.69) is 5.32 Å². The number of carbonyl (C=O) groups is 2. The SMILES string of the molecule is Cc1cccc(OCCCN2C(=O)NC3(CCCCCCC3)C2=O)c1.